The summed E-state index contributed by atoms with van der Waals surface area (Å²) in [5, 5.41) is 3.41. The minimum absolute atomic E-state index is 0.110. The monoisotopic (exact) mass is 261 g/mol. The van der Waals surface area contributed by atoms with Crippen LogP contribution in [-0.2, 0) is 13.6 Å². The quantitative estimate of drug-likeness (QED) is 0.916. The van der Waals surface area contributed by atoms with Crippen molar-refractivity contribution in [1.82, 2.24) is 14.9 Å². The van der Waals surface area contributed by atoms with Crippen LogP contribution in [0.2, 0.25) is 0 Å². The van der Waals surface area contributed by atoms with E-state index in [1.165, 1.54) is 0 Å². The predicted octanol–water partition coefficient (Wildman–Crippen LogP) is 3.03. The summed E-state index contributed by atoms with van der Waals surface area (Å²) in [6.45, 7) is 6.38. The summed E-state index contributed by atoms with van der Waals surface area (Å²) in [5.74, 6) is 0.886. The number of nitrogens with one attached hydrogen (secondary N) is 1. The molecule has 1 unspecified atom stereocenters. The maximum atomic E-state index is 13.6. The van der Waals surface area contributed by atoms with Crippen LogP contribution in [0.15, 0.2) is 24.5 Å². The molecular formula is C15H20FN3. The minimum Gasteiger partial charge on any atom is -0.337 e. The van der Waals surface area contributed by atoms with Crippen molar-refractivity contribution in [3.63, 3.8) is 0 Å². The normalized spacial score (nSPS) is 12.7. The average molecular weight is 261 g/mol. The van der Waals surface area contributed by atoms with Crippen LogP contribution in [0.1, 0.15) is 35.5 Å². The molecule has 0 saturated carbocycles. The average Bonchev–Trinajstić information content (AvgIpc) is 2.79. The largest absolute Gasteiger partial charge is 0.337 e. The number of hydrogen-bond donors (Lipinski definition) is 1. The van der Waals surface area contributed by atoms with E-state index < -0.39 is 0 Å². The van der Waals surface area contributed by atoms with Crippen LogP contribution in [0.25, 0.3) is 0 Å². The third-order valence-electron chi connectivity index (χ3n) is 3.35. The molecule has 4 heteroatoms. The van der Waals surface area contributed by atoms with Gasteiger partial charge in [-0.3, -0.25) is 0 Å². The summed E-state index contributed by atoms with van der Waals surface area (Å²) in [5.41, 5.74) is 2.49. The van der Waals surface area contributed by atoms with Crippen molar-refractivity contribution < 1.29 is 4.39 Å². The summed E-state index contributed by atoms with van der Waals surface area (Å²) in [4.78, 5) is 4.32. The zero-order chi connectivity index (χ0) is 14.0. The van der Waals surface area contributed by atoms with Crippen molar-refractivity contribution in [3.05, 3.63) is 52.9 Å². The zero-order valence-corrected chi connectivity index (χ0v) is 11.9. The predicted molar refractivity (Wildman–Crippen MR) is 74.3 cm³/mol. The highest BCUT2D eigenvalue weighted by Crippen LogP contribution is 2.16. The molecule has 102 valence electrons. The van der Waals surface area contributed by atoms with Crippen LogP contribution >= 0.6 is 0 Å². The van der Waals surface area contributed by atoms with E-state index in [9.17, 15) is 4.39 Å². The van der Waals surface area contributed by atoms with Gasteiger partial charge >= 0.3 is 0 Å². The van der Waals surface area contributed by atoms with Crippen LogP contribution in [-0.4, -0.2) is 9.55 Å². The van der Waals surface area contributed by atoms with Gasteiger partial charge in [-0.2, -0.15) is 0 Å². The third-order valence-corrected chi connectivity index (χ3v) is 3.35. The molecule has 0 aliphatic heterocycles. The number of imidazole rings is 1. The molecule has 0 spiro atoms. The fourth-order valence-electron chi connectivity index (χ4n) is 2.29. The second-order valence-electron chi connectivity index (χ2n) is 5.04. The lowest BCUT2D eigenvalue weighted by Crippen LogP contribution is -2.21. The Morgan fingerprint density at radius 1 is 1.32 bits per heavy atom. The Bertz CT molecular complexity index is 552. The van der Waals surface area contributed by atoms with Gasteiger partial charge in [0.05, 0.1) is 6.04 Å². The maximum absolute atomic E-state index is 13.6. The lowest BCUT2D eigenvalue weighted by atomic mass is 10.1. The highest BCUT2D eigenvalue weighted by molar-refractivity contribution is 5.30. The van der Waals surface area contributed by atoms with Gasteiger partial charge in [0.15, 0.2) is 0 Å². The summed E-state index contributed by atoms with van der Waals surface area (Å²) in [6, 6.07) is 3.94. The number of halogens is 1. The molecule has 1 aromatic heterocycles. The Kier molecular flexibility index (Phi) is 4.00. The van der Waals surface area contributed by atoms with Crippen LogP contribution in [0.5, 0.6) is 0 Å². The second-order valence-corrected chi connectivity index (χ2v) is 5.04. The molecule has 0 aliphatic rings. The standard InChI is InChI=1S/C15H20FN3/c1-10-7-13(8-11(2)14(10)16)9-18-12(3)15-17-5-6-19(15)4/h5-8,12,18H,9H2,1-4H3. The van der Waals surface area contributed by atoms with Crippen LogP contribution in [0.3, 0.4) is 0 Å². The van der Waals surface area contributed by atoms with E-state index in [4.69, 9.17) is 0 Å². The van der Waals surface area contributed by atoms with E-state index in [2.05, 4.69) is 17.2 Å². The lowest BCUT2D eigenvalue weighted by Gasteiger charge is -2.14. The first kappa shape index (κ1) is 13.7. The SMILES string of the molecule is Cc1cc(CNC(C)c2nccn2C)cc(C)c1F. The Balaban J connectivity index is 2.05. The lowest BCUT2D eigenvalue weighted by molar-refractivity contribution is 0.528. The first-order valence-electron chi connectivity index (χ1n) is 6.45. The van der Waals surface area contributed by atoms with Crippen molar-refractivity contribution in [2.45, 2.75) is 33.4 Å². The van der Waals surface area contributed by atoms with E-state index in [1.807, 2.05) is 29.9 Å². The van der Waals surface area contributed by atoms with Crippen LogP contribution in [0, 0.1) is 19.7 Å². The Labute approximate surface area is 113 Å². The topological polar surface area (TPSA) is 29.9 Å². The molecule has 0 bridgehead atoms. The molecular weight excluding hydrogens is 241 g/mol. The van der Waals surface area contributed by atoms with Gasteiger partial charge < -0.3 is 9.88 Å². The number of rotatable bonds is 4. The second kappa shape index (κ2) is 5.53. The third kappa shape index (κ3) is 3.01. The van der Waals surface area contributed by atoms with Gasteiger partial charge in [0.2, 0.25) is 0 Å². The van der Waals surface area contributed by atoms with Crippen molar-refractivity contribution >= 4 is 0 Å². The molecule has 1 N–H and O–H groups in total. The summed E-state index contributed by atoms with van der Waals surface area (Å²) >= 11 is 0. The molecule has 1 heterocycles. The number of aryl methyl sites for hydroxylation is 3. The zero-order valence-electron chi connectivity index (χ0n) is 11.9. The molecule has 2 rings (SSSR count). The van der Waals surface area contributed by atoms with E-state index in [1.54, 1.807) is 20.0 Å². The fraction of sp³-hybridized carbons (Fsp3) is 0.400. The van der Waals surface area contributed by atoms with Crippen LogP contribution in [0.4, 0.5) is 4.39 Å². The van der Waals surface area contributed by atoms with E-state index >= 15 is 0 Å². The van der Waals surface area contributed by atoms with Crippen LogP contribution < -0.4 is 5.32 Å². The summed E-state index contributed by atoms with van der Waals surface area (Å²) < 4.78 is 15.6. The number of hydrogen-bond acceptors (Lipinski definition) is 2. The molecule has 2 aromatic rings. The van der Waals surface area contributed by atoms with Gasteiger partial charge in [-0.1, -0.05) is 12.1 Å². The van der Waals surface area contributed by atoms with Gasteiger partial charge in [0.1, 0.15) is 11.6 Å². The Hall–Kier alpha value is -1.68. The van der Waals surface area contributed by atoms with Gasteiger partial charge in [-0.05, 0) is 37.5 Å². The number of benzene rings is 1. The maximum Gasteiger partial charge on any atom is 0.129 e. The first-order chi connectivity index (χ1) is 8.99. The molecule has 1 aromatic carbocycles. The van der Waals surface area contributed by atoms with Crippen molar-refractivity contribution in [2.24, 2.45) is 7.05 Å². The van der Waals surface area contributed by atoms with Crippen molar-refractivity contribution in [1.29, 1.82) is 0 Å². The first-order valence-corrected chi connectivity index (χ1v) is 6.45. The van der Waals surface area contributed by atoms with E-state index in [0.717, 1.165) is 11.4 Å². The molecule has 0 saturated heterocycles. The van der Waals surface area contributed by atoms with Crippen molar-refractivity contribution in [2.75, 3.05) is 0 Å². The van der Waals surface area contributed by atoms with E-state index in [-0.39, 0.29) is 11.9 Å². The Morgan fingerprint density at radius 3 is 2.47 bits per heavy atom. The minimum atomic E-state index is -0.110. The molecule has 1 atom stereocenters. The number of nitrogens with zero attached hydrogens (tertiary/aromatic N) is 2. The van der Waals surface area contributed by atoms with Crippen molar-refractivity contribution in [3.8, 4) is 0 Å². The van der Waals surface area contributed by atoms with Gasteiger partial charge in [0.25, 0.3) is 0 Å². The molecule has 0 amide bonds. The Morgan fingerprint density at radius 2 is 1.95 bits per heavy atom. The molecule has 3 nitrogen and oxygen atoms in total. The smallest absolute Gasteiger partial charge is 0.129 e. The number of aromatic nitrogens is 2. The molecule has 0 aliphatic carbocycles. The van der Waals surface area contributed by atoms with Gasteiger partial charge in [-0.25, -0.2) is 9.37 Å². The molecule has 0 radical (unpaired) electrons. The van der Waals surface area contributed by atoms with Gasteiger partial charge in [-0.15, -0.1) is 0 Å². The highest BCUT2D eigenvalue weighted by atomic mass is 19.1. The van der Waals surface area contributed by atoms with E-state index in [0.29, 0.717) is 17.7 Å². The summed E-state index contributed by atoms with van der Waals surface area (Å²) in [6.07, 6.45) is 3.72. The molecule has 19 heavy (non-hydrogen) atoms. The molecule has 0 fully saturated rings. The van der Waals surface area contributed by atoms with Gasteiger partial charge in [0, 0.05) is 26.0 Å². The fourth-order valence-corrected chi connectivity index (χ4v) is 2.29. The highest BCUT2D eigenvalue weighted by Gasteiger charge is 2.10. The summed E-state index contributed by atoms with van der Waals surface area (Å²) in [7, 11) is 1.98.